The van der Waals surface area contributed by atoms with Gasteiger partial charge in [0.25, 0.3) is 0 Å². The Morgan fingerprint density at radius 2 is 2.06 bits per heavy atom. The standard InChI is InChI=1S/C11H20N2O3/c1-11(2,3)16-10(15)13-6-4-5-8(13)9(14)7-12/h8H,4-7,12H2,1-3H3. The van der Waals surface area contributed by atoms with E-state index in [1.807, 2.05) is 0 Å². The van der Waals surface area contributed by atoms with Crippen molar-refractivity contribution in [3.63, 3.8) is 0 Å². The topological polar surface area (TPSA) is 72.6 Å². The van der Waals surface area contributed by atoms with Crippen LogP contribution in [0, 0.1) is 0 Å². The fourth-order valence-corrected chi connectivity index (χ4v) is 1.78. The lowest BCUT2D eigenvalue weighted by molar-refractivity contribution is -0.122. The highest BCUT2D eigenvalue weighted by Gasteiger charge is 2.35. The third kappa shape index (κ3) is 3.20. The van der Waals surface area contributed by atoms with Gasteiger partial charge in [0.05, 0.1) is 12.6 Å². The molecular weight excluding hydrogens is 208 g/mol. The lowest BCUT2D eigenvalue weighted by atomic mass is 10.1. The van der Waals surface area contributed by atoms with Gasteiger partial charge in [-0.1, -0.05) is 0 Å². The van der Waals surface area contributed by atoms with Crippen molar-refractivity contribution in [2.75, 3.05) is 13.1 Å². The number of ketones is 1. The monoisotopic (exact) mass is 228 g/mol. The molecule has 92 valence electrons. The first-order valence-corrected chi connectivity index (χ1v) is 5.57. The Balaban J connectivity index is 2.65. The van der Waals surface area contributed by atoms with Gasteiger partial charge in [0, 0.05) is 6.54 Å². The maximum Gasteiger partial charge on any atom is 0.410 e. The average molecular weight is 228 g/mol. The summed E-state index contributed by atoms with van der Waals surface area (Å²) in [7, 11) is 0. The molecule has 1 unspecified atom stereocenters. The molecule has 0 saturated carbocycles. The van der Waals surface area contributed by atoms with Crippen LogP contribution in [0.15, 0.2) is 0 Å². The van der Waals surface area contributed by atoms with Gasteiger partial charge in [-0.2, -0.15) is 0 Å². The van der Waals surface area contributed by atoms with Crippen LogP contribution in [0.1, 0.15) is 33.6 Å². The zero-order valence-electron chi connectivity index (χ0n) is 10.2. The van der Waals surface area contributed by atoms with Crippen LogP contribution in [0.4, 0.5) is 4.79 Å². The van der Waals surface area contributed by atoms with Crippen molar-refractivity contribution in [1.29, 1.82) is 0 Å². The minimum absolute atomic E-state index is 0.0238. The lowest BCUT2D eigenvalue weighted by Crippen LogP contribution is -2.45. The summed E-state index contributed by atoms with van der Waals surface area (Å²) in [6, 6.07) is -0.389. The fourth-order valence-electron chi connectivity index (χ4n) is 1.78. The summed E-state index contributed by atoms with van der Waals surface area (Å²) in [5.74, 6) is -0.0941. The van der Waals surface area contributed by atoms with Crippen molar-refractivity contribution < 1.29 is 14.3 Å². The number of hydrogen-bond acceptors (Lipinski definition) is 4. The molecule has 1 saturated heterocycles. The minimum Gasteiger partial charge on any atom is -0.444 e. The molecule has 1 heterocycles. The molecule has 1 atom stereocenters. The maximum atomic E-state index is 11.8. The van der Waals surface area contributed by atoms with Crippen LogP contribution >= 0.6 is 0 Å². The number of ether oxygens (including phenoxy) is 1. The Morgan fingerprint density at radius 1 is 1.44 bits per heavy atom. The van der Waals surface area contributed by atoms with Crippen molar-refractivity contribution >= 4 is 11.9 Å². The van der Waals surface area contributed by atoms with Crippen LogP contribution in [0.25, 0.3) is 0 Å². The second kappa shape index (κ2) is 4.82. The smallest absolute Gasteiger partial charge is 0.410 e. The highest BCUT2D eigenvalue weighted by atomic mass is 16.6. The van der Waals surface area contributed by atoms with Gasteiger partial charge < -0.3 is 10.5 Å². The molecule has 0 bridgehead atoms. The molecule has 0 spiro atoms. The molecule has 1 amide bonds. The van der Waals surface area contributed by atoms with Crippen LogP contribution in [0.5, 0.6) is 0 Å². The van der Waals surface area contributed by atoms with Crippen molar-refractivity contribution in [3.05, 3.63) is 0 Å². The highest BCUT2D eigenvalue weighted by Crippen LogP contribution is 2.21. The van der Waals surface area contributed by atoms with E-state index < -0.39 is 11.7 Å². The summed E-state index contributed by atoms with van der Waals surface area (Å²) in [6.45, 7) is 5.97. The Labute approximate surface area is 95.9 Å². The van der Waals surface area contributed by atoms with Crippen molar-refractivity contribution in [2.24, 2.45) is 5.73 Å². The van der Waals surface area contributed by atoms with Crippen LogP contribution in [-0.4, -0.2) is 41.5 Å². The molecule has 2 N–H and O–H groups in total. The molecule has 5 nitrogen and oxygen atoms in total. The molecule has 1 fully saturated rings. The van der Waals surface area contributed by atoms with E-state index in [4.69, 9.17) is 10.5 Å². The summed E-state index contributed by atoms with van der Waals surface area (Å²) in [6.07, 6.45) is 1.10. The predicted molar refractivity (Wildman–Crippen MR) is 60.0 cm³/mol. The van der Waals surface area contributed by atoms with Gasteiger partial charge in [-0.15, -0.1) is 0 Å². The molecule has 5 heteroatoms. The van der Waals surface area contributed by atoms with E-state index in [9.17, 15) is 9.59 Å². The van der Waals surface area contributed by atoms with E-state index in [-0.39, 0.29) is 18.4 Å². The van der Waals surface area contributed by atoms with E-state index in [1.54, 1.807) is 20.8 Å². The number of carbonyl (C=O) groups is 2. The number of Topliss-reactive ketones (excluding diaryl/α,β-unsaturated/α-hetero) is 1. The molecule has 0 aromatic rings. The summed E-state index contributed by atoms with van der Waals surface area (Å²) >= 11 is 0. The van der Waals surface area contributed by atoms with Crippen molar-refractivity contribution in [2.45, 2.75) is 45.3 Å². The zero-order valence-corrected chi connectivity index (χ0v) is 10.2. The van der Waals surface area contributed by atoms with E-state index in [1.165, 1.54) is 4.90 Å². The number of nitrogens with zero attached hydrogens (tertiary/aromatic N) is 1. The Morgan fingerprint density at radius 3 is 2.56 bits per heavy atom. The first-order chi connectivity index (χ1) is 7.35. The summed E-state index contributed by atoms with van der Waals surface area (Å²) < 4.78 is 5.24. The number of amides is 1. The Hall–Kier alpha value is -1.10. The van der Waals surface area contributed by atoms with Gasteiger partial charge in [-0.25, -0.2) is 4.79 Å². The van der Waals surface area contributed by atoms with Gasteiger partial charge in [-0.3, -0.25) is 9.69 Å². The lowest BCUT2D eigenvalue weighted by Gasteiger charge is -2.27. The first kappa shape index (κ1) is 13.0. The Bertz CT molecular complexity index is 283. The van der Waals surface area contributed by atoms with Crippen molar-refractivity contribution in [1.82, 2.24) is 4.90 Å². The fraction of sp³-hybridized carbons (Fsp3) is 0.818. The first-order valence-electron chi connectivity index (χ1n) is 5.57. The van der Waals surface area contributed by atoms with E-state index >= 15 is 0 Å². The molecule has 0 aliphatic carbocycles. The third-order valence-corrected chi connectivity index (χ3v) is 2.45. The van der Waals surface area contributed by atoms with Crippen LogP contribution in [0.3, 0.4) is 0 Å². The Kier molecular flexibility index (Phi) is 3.91. The molecule has 16 heavy (non-hydrogen) atoms. The molecule has 0 aromatic heterocycles. The summed E-state index contributed by atoms with van der Waals surface area (Å²) in [5, 5.41) is 0. The van der Waals surface area contributed by atoms with Gasteiger partial charge in [0.1, 0.15) is 5.60 Å². The summed E-state index contributed by atoms with van der Waals surface area (Å²) in [4.78, 5) is 24.8. The van der Waals surface area contributed by atoms with Crippen molar-refractivity contribution in [3.8, 4) is 0 Å². The zero-order chi connectivity index (χ0) is 12.3. The maximum absolute atomic E-state index is 11.8. The van der Waals surface area contributed by atoms with Crippen LogP contribution < -0.4 is 5.73 Å². The van der Waals surface area contributed by atoms with Crippen LogP contribution in [-0.2, 0) is 9.53 Å². The normalized spacial score (nSPS) is 21.0. The molecule has 0 radical (unpaired) electrons. The predicted octanol–water partition coefficient (Wildman–Crippen LogP) is 0.914. The molecule has 1 rings (SSSR count). The molecule has 1 aliphatic heterocycles. The molecule has 1 aliphatic rings. The molecular formula is C11H20N2O3. The number of rotatable bonds is 2. The van der Waals surface area contributed by atoms with Gasteiger partial charge >= 0.3 is 6.09 Å². The average Bonchev–Trinajstić information content (AvgIpc) is 2.62. The summed E-state index contributed by atoms with van der Waals surface area (Å²) in [5.41, 5.74) is 4.78. The van der Waals surface area contributed by atoms with E-state index in [2.05, 4.69) is 0 Å². The number of carbonyl (C=O) groups excluding carboxylic acids is 2. The van der Waals surface area contributed by atoms with E-state index in [0.717, 1.165) is 6.42 Å². The highest BCUT2D eigenvalue weighted by molar-refractivity contribution is 5.89. The third-order valence-electron chi connectivity index (χ3n) is 2.45. The minimum atomic E-state index is -0.532. The largest absolute Gasteiger partial charge is 0.444 e. The quantitative estimate of drug-likeness (QED) is 0.762. The van der Waals surface area contributed by atoms with Gasteiger partial charge in [0.2, 0.25) is 0 Å². The second-order valence-corrected chi connectivity index (χ2v) is 5.00. The number of nitrogens with two attached hydrogens (primary N) is 1. The van der Waals surface area contributed by atoms with Crippen LogP contribution in [0.2, 0.25) is 0 Å². The van der Waals surface area contributed by atoms with E-state index in [0.29, 0.717) is 13.0 Å². The van der Waals surface area contributed by atoms with Gasteiger partial charge in [-0.05, 0) is 33.6 Å². The number of hydrogen-bond donors (Lipinski definition) is 1. The SMILES string of the molecule is CC(C)(C)OC(=O)N1CCCC1C(=O)CN. The van der Waals surface area contributed by atoms with Gasteiger partial charge in [0.15, 0.2) is 5.78 Å². The molecule has 0 aromatic carbocycles. The number of likely N-dealkylation sites (tertiary alicyclic amines) is 1. The second-order valence-electron chi connectivity index (χ2n) is 5.00.